The van der Waals surface area contributed by atoms with E-state index in [1.165, 1.54) is 10.9 Å². The molecule has 4 rings (SSSR count). The van der Waals surface area contributed by atoms with Gasteiger partial charge in [-0.2, -0.15) is 0 Å². The summed E-state index contributed by atoms with van der Waals surface area (Å²) in [5, 5.41) is 1.17. The second-order valence-corrected chi connectivity index (χ2v) is 10.0. The molecule has 0 aliphatic carbocycles. The number of piperidine rings is 1. The number of pyridine rings is 1. The van der Waals surface area contributed by atoms with E-state index in [0.717, 1.165) is 54.0 Å². The molecule has 1 aliphatic heterocycles. The number of H-pyrrole nitrogens is 1. The van der Waals surface area contributed by atoms with Gasteiger partial charge in [0.05, 0.1) is 18.8 Å². The molecule has 3 heterocycles. The SMILES string of the molecule is CCC(=O)CN1CCC(COc2ccc3[nH]c(-c4cc(C)c(=O)n(C)c4)c(C(C)C)c3c2)CC1. The van der Waals surface area contributed by atoms with E-state index in [2.05, 4.69) is 35.9 Å². The molecule has 2 aromatic heterocycles. The molecule has 0 atom stereocenters. The topological polar surface area (TPSA) is 67.3 Å². The fourth-order valence-corrected chi connectivity index (χ4v) is 5.01. The van der Waals surface area contributed by atoms with Gasteiger partial charge in [0.2, 0.25) is 0 Å². The second kappa shape index (κ2) is 10.2. The lowest BCUT2D eigenvalue weighted by Gasteiger charge is -2.31. The number of hydrogen-bond donors (Lipinski definition) is 1. The van der Waals surface area contributed by atoms with E-state index in [1.807, 2.05) is 32.2 Å². The molecule has 1 aliphatic rings. The maximum absolute atomic E-state index is 12.2. The van der Waals surface area contributed by atoms with Gasteiger partial charge in [-0.1, -0.05) is 20.8 Å². The summed E-state index contributed by atoms with van der Waals surface area (Å²) < 4.78 is 7.90. The maximum atomic E-state index is 12.2. The van der Waals surface area contributed by atoms with Crippen molar-refractivity contribution in [2.45, 2.75) is 52.9 Å². The first-order valence-electron chi connectivity index (χ1n) is 12.5. The molecule has 1 saturated heterocycles. The van der Waals surface area contributed by atoms with Crippen molar-refractivity contribution in [1.29, 1.82) is 0 Å². The minimum absolute atomic E-state index is 0.0319. The number of aromatic nitrogens is 2. The lowest BCUT2D eigenvalue weighted by molar-refractivity contribution is -0.120. The highest BCUT2D eigenvalue weighted by Gasteiger charge is 2.22. The summed E-state index contributed by atoms with van der Waals surface area (Å²) in [5.74, 6) is 2.04. The Hall–Kier alpha value is -2.86. The molecule has 0 spiro atoms. The first-order valence-corrected chi connectivity index (χ1v) is 12.5. The fourth-order valence-electron chi connectivity index (χ4n) is 5.01. The molecule has 182 valence electrons. The third kappa shape index (κ3) is 5.12. The number of Topliss-reactive ketones (excluding diaryl/α,β-unsaturated/α-hetero) is 1. The summed E-state index contributed by atoms with van der Waals surface area (Å²) in [6.07, 6.45) is 4.66. The highest BCUT2D eigenvalue weighted by atomic mass is 16.5. The van der Waals surface area contributed by atoms with Crippen molar-refractivity contribution >= 4 is 16.7 Å². The van der Waals surface area contributed by atoms with Crippen LogP contribution in [-0.2, 0) is 11.8 Å². The normalized spacial score (nSPS) is 15.4. The van der Waals surface area contributed by atoms with E-state index in [1.54, 1.807) is 11.6 Å². The van der Waals surface area contributed by atoms with Crippen LogP contribution in [0.5, 0.6) is 5.75 Å². The van der Waals surface area contributed by atoms with Crippen LogP contribution in [0.2, 0.25) is 0 Å². The average Bonchev–Trinajstić information content (AvgIpc) is 3.21. The van der Waals surface area contributed by atoms with Crippen molar-refractivity contribution in [2.75, 3.05) is 26.2 Å². The molecule has 3 aromatic rings. The van der Waals surface area contributed by atoms with E-state index in [0.29, 0.717) is 37.2 Å². The van der Waals surface area contributed by atoms with Gasteiger partial charge in [0, 0.05) is 41.7 Å². The molecule has 0 radical (unpaired) electrons. The van der Waals surface area contributed by atoms with E-state index >= 15 is 0 Å². The molecule has 6 heteroatoms. The van der Waals surface area contributed by atoms with Crippen molar-refractivity contribution in [3.05, 3.63) is 51.9 Å². The Kier molecular flexibility index (Phi) is 7.27. The monoisotopic (exact) mass is 463 g/mol. The number of nitrogens with one attached hydrogen (secondary N) is 1. The summed E-state index contributed by atoms with van der Waals surface area (Å²) in [4.78, 5) is 29.8. The van der Waals surface area contributed by atoms with Crippen LogP contribution in [0.15, 0.2) is 35.3 Å². The Morgan fingerprint density at radius 3 is 2.59 bits per heavy atom. The average molecular weight is 464 g/mol. The number of aryl methyl sites for hydroxylation is 2. The Bertz CT molecular complexity index is 1200. The number of aromatic amines is 1. The van der Waals surface area contributed by atoms with Crippen LogP contribution in [0.25, 0.3) is 22.2 Å². The van der Waals surface area contributed by atoms with Crippen LogP contribution in [0, 0.1) is 12.8 Å². The largest absolute Gasteiger partial charge is 0.493 e. The summed E-state index contributed by atoms with van der Waals surface area (Å²) in [5.41, 5.74) is 5.18. The zero-order valence-corrected chi connectivity index (χ0v) is 21.1. The third-order valence-electron chi connectivity index (χ3n) is 7.03. The van der Waals surface area contributed by atoms with Crippen LogP contribution < -0.4 is 10.3 Å². The van der Waals surface area contributed by atoms with Crippen LogP contribution in [0.1, 0.15) is 57.1 Å². The minimum atomic E-state index is 0.0319. The molecule has 6 nitrogen and oxygen atoms in total. The molecule has 0 bridgehead atoms. The summed E-state index contributed by atoms with van der Waals surface area (Å²) in [6, 6.07) is 8.24. The number of rotatable bonds is 8. The highest BCUT2D eigenvalue weighted by Crippen LogP contribution is 2.37. The Morgan fingerprint density at radius 2 is 1.94 bits per heavy atom. The van der Waals surface area contributed by atoms with Crippen LogP contribution in [0.4, 0.5) is 0 Å². The van der Waals surface area contributed by atoms with E-state index in [9.17, 15) is 9.59 Å². The number of ketones is 1. The van der Waals surface area contributed by atoms with Crippen LogP contribution >= 0.6 is 0 Å². The minimum Gasteiger partial charge on any atom is -0.493 e. The Morgan fingerprint density at radius 1 is 1.21 bits per heavy atom. The third-order valence-corrected chi connectivity index (χ3v) is 7.03. The number of ether oxygens (including phenoxy) is 1. The van der Waals surface area contributed by atoms with E-state index < -0.39 is 0 Å². The number of carbonyl (C=O) groups excluding carboxylic acids is 1. The molecule has 1 N–H and O–H groups in total. The van der Waals surface area contributed by atoms with Crippen LogP contribution in [-0.4, -0.2) is 46.5 Å². The van der Waals surface area contributed by atoms with Crippen molar-refractivity contribution < 1.29 is 9.53 Å². The Labute approximate surface area is 201 Å². The van der Waals surface area contributed by atoms with Crippen molar-refractivity contribution in [3.8, 4) is 17.0 Å². The van der Waals surface area contributed by atoms with Gasteiger partial charge in [0.25, 0.3) is 5.56 Å². The van der Waals surface area contributed by atoms with E-state index in [-0.39, 0.29) is 5.56 Å². The molecule has 0 unspecified atom stereocenters. The molecule has 1 fully saturated rings. The predicted octanol–water partition coefficient (Wildman–Crippen LogP) is 5.04. The molecular formula is C28H37N3O3. The standard InChI is InChI=1S/C28H37N3O3/c1-6-22(32)16-31-11-9-20(10-12-31)17-34-23-7-8-25-24(14-23)26(18(2)3)27(29-25)21-13-19(4)28(33)30(5)15-21/h7-8,13-15,18,20,29H,6,9-12,16-17H2,1-5H3. The number of benzene rings is 1. The van der Waals surface area contributed by atoms with Gasteiger partial charge in [-0.25, -0.2) is 0 Å². The van der Waals surface area contributed by atoms with Gasteiger partial charge in [0.15, 0.2) is 0 Å². The van der Waals surface area contributed by atoms with Gasteiger partial charge < -0.3 is 14.3 Å². The quantitative estimate of drug-likeness (QED) is 0.508. The first kappa shape index (κ1) is 24.3. The molecular weight excluding hydrogens is 426 g/mol. The van der Waals surface area contributed by atoms with Crippen molar-refractivity contribution in [2.24, 2.45) is 13.0 Å². The summed E-state index contributed by atoms with van der Waals surface area (Å²) in [6.45, 7) is 11.4. The fraction of sp³-hybridized carbons (Fsp3) is 0.500. The first-order chi connectivity index (χ1) is 16.3. The molecule has 1 aromatic carbocycles. The number of fused-ring (bicyclic) bond motifs is 1. The van der Waals surface area contributed by atoms with E-state index in [4.69, 9.17) is 4.74 Å². The van der Waals surface area contributed by atoms with Crippen molar-refractivity contribution in [1.82, 2.24) is 14.5 Å². The summed E-state index contributed by atoms with van der Waals surface area (Å²) in [7, 11) is 1.80. The molecule has 34 heavy (non-hydrogen) atoms. The number of likely N-dealkylation sites (tertiary alicyclic amines) is 1. The second-order valence-electron chi connectivity index (χ2n) is 10.0. The smallest absolute Gasteiger partial charge is 0.253 e. The van der Waals surface area contributed by atoms with Gasteiger partial charge in [-0.15, -0.1) is 0 Å². The van der Waals surface area contributed by atoms with Gasteiger partial charge in [-0.05, 0) is 74.5 Å². The molecule has 0 saturated carbocycles. The van der Waals surface area contributed by atoms with Crippen molar-refractivity contribution in [3.63, 3.8) is 0 Å². The lowest BCUT2D eigenvalue weighted by atomic mass is 9.96. The Balaban J connectivity index is 1.51. The zero-order chi connectivity index (χ0) is 24.4. The summed E-state index contributed by atoms with van der Waals surface area (Å²) >= 11 is 0. The van der Waals surface area contributed by atoms with Gasteiger partial charge in [-0.3, -0.25) is 14.5 Å². The zero-order valence-electron chi connectivity index (χ0n) is 21.1. The predicted molar refractivity (Wildman–Crippen MR) is 138 cm³/mol. The molecule has 0 amide bonds. The number of hydrogen-bond acceptors (Lipinski definition) is 4. The highest BCUT2D eigenvalue weighted by molar-refractivity contribution is 5.92. The maximum Gasteiger partial charge on any atom is 0.253 e. The number of nitrogens with zero attached hydrogens (tertiary/aromatic N) is 2. The van der Waals surface area contributed by atoms with Crippen LogP contribution in [0.3, 0.4) is 0 Å². The number of carbonyl (C=O) groups is 1. The van der Waals surface area contributed by atoms with Gasteiger partial charge >= 0.3 is 0 Å². The lowest BCUT2D eigenvalue weighted by Crippen LogP contribution is -2.38. The van der Waals surface area contributed by atoms with Gasteiger partial charge in [0.1, 0.15) is 11.5 Å².